The molecule has 2 fully saturated rings. The molecule has 2 heterocycles. The Balaban J connectivity index is 1.85. The zero-order valence-electron chi connectivity index (χ0n) is 10.8. The molecule has 0 bridgehead atoms. The van der Waals surface area contributed by atoms with Crippen LogP contribution in [0.25, 0.3) is 0 Å². The van der Waals surface area contributed by atoms with Gasteiger partial charge in [-0.3, -0.25) is 4.79 Å². The number of rotatable bonds is 1. The summed E-state index contributed by atoms with van der Waals surface area (Å²) in [5.74, 6) is -0.147. The van der Waals surface area contributed by atoms with Crippen LogP contribution in [0.1, 0.15) is 22.3 Å². The number of fused-ring (bicyclic) bond motifs is 1. The molecule has 3 rings (SSSR count). The zero-order valence-corrected chi connectivity index (χ0v) is 10.8. The Kier molecular flexibility index (Phi) is 3.20. The second kappa shape index (κ2) is 4.77. The van der Waals surface area contributed by atoms with Gasteiger partial charge in [0.15, 0.2) is 0 Å². The van der Waals surface area contributed by atoms with Gasteiger partial charge in [0.2, 0.25) is 0 Å². The van der Waals surface area contributed by atoms with Gasteiger partial charge in [-0.25, -0.2) is 0 Å². The number of carbonyl (C=O) groups excluding carboxylic acids is 1. The van der Waals surface area contributed by atoms with Gasteiger partial charge in [0.1, 0.15) is 0 Å². The van der Waals surface area contributed by atoms with Gasteiger partial charge in [0.25, 0.3) is 5.91 Å². The largest absolute Gasteiger partial charge is 0.417 e. The lowest BCUT2D eigenvalue weighted by atomic mass is 10.1. The van der Waals surface area contributed by atoms with Gasteiger partial charge in [0, 0.05) is 19.1 Å². The number of carbonyl (C=O) groups is 1. The summed E-state index contributed by atoms with van der Waals surface area (Å²) in [7, 11) is 0. The molecule has 0 unspecified atom stereocenters. The standard InChI is InChI=1S/C14H15F3N2O/c15-14(16,17)11-4-2-1-3-10(11)13(20)19-7-9-5-6-18-12(9)8-19/h1-4,9,12,18H,5-8H2/t9-,12+/m0/s1. The van der Waals surface area contributed by atoms with E-state index in [0.29, 0.717) is 19.0 Å². The van der Waals surface area contributed by atoms with E-state index >= 15 is 0 Å². The normalized spacial score (nSPS) is 25.9. The van der Waals surface area contributed by atoms with Crippen molar-refractivity contribution in [2.75, 3.05) is 19.6 Å². The van der Waals surface area contributed by atoms with E-state index in [9.17, 15) is 18.0 Å². The van der Waals surface area contributed by atoms with Gasteiger partial charge >= 0.3 is 6.18 Å². The van der Waals surface area contributed by atoms with E-state index in [0.717, 1.165) is 19.0 Å². The van der Waals surface area contributed by atoms with Gasteiger partial charge in [-0.15, -0.1) is 0 Å². The Hall–Kier alpha value is -1.56. The topological polar surface area (TPSA) is 32.3 Å². The van der Waals surface area contributed by atoms with Gasteiger partial charge in [-0.05, 0) is 31.0 Å². The first kappa shape index (κ1) is 13.4. The summed E-state index contributed by atoms with van der Waals surface area (Å²) in [6, 6.07) is 5.23. The maximum atomic E-state index is 12.9. The highest BCUT2D eigenvalue weighted by atomic mass is 19.4. The van der Waals surface area contributed by atoms with Crippen molar-refractivity contribution in [3.63, 3.8) is 0 Å². The highest BCUT2D eigenvalue weighted by molar-refractivity contribution is 5.96. The van der Waals surface area contributed by atoms with Gasteiger partial charge < -0.3 is 10.2 Å². The van der Waals surface area contributed by atoms with Crippen molar-refractivity contribution in [3.8, 4) is 0 Å². The molecule has 0 aromatic heterocycles. The van der Waals surface area contributed by atoms with Crippen LogP contribution >= 0.6 is 0 Å². The Morgan fingerprint density at radius 1 is 1.25 bits per heavy atom. The predicted molar refractivity (Wildman–Crippen MR) is 67.2 cm³/mol. The van der Waals surface area contributed by atoms with Crippen LogP contribution in [0.5, 0.6) is 0 Å². The number of halogens is 3. The number of nitrogens with one attached hydrogen (secondary N) is 1. The second-order valence-corrected chi connectivity index (χ2v) is 5.36. The maximum Gasteiger partial charge on any atom is 0.417 e. The van der Waals surface area contributed by atoms with Crippen molar-refractivity contribution >= 4 is 5.91 Å². The van der Waals surface area contributed by atoms with Crippen molar-refractivity contribution in [1.29, 1.82) is 0 Å². The van der Waals surface area contributed by atoms with E-state index in [4.69, 9.17) is 0 Å². The summed E-state index contributed by atoms with van der Waals surface area (Å²) >= 11 is 0. The lowest BCUT2D eigenvalue weighted by Gasteiger charge is -2.20. The maximum absolute atomic E-state index is 12.9. The molecule has 2 atom stereocenters. The highest BCUT2D eigenvalue weighted by Crippen LogP contribution is 2.33. The van der Waals surface area contributed by atoms with Crippen LogP contribution in [0.15, 0.2) is 24.3 Å². The third-order valence-corrected chi connectivity index (χ3v) is 4.11. The minimum atomic E-state index is -4.50. The lowest BCUT2D eigenvalue weighted by Crippen LogP contribution is -2.34. The van der Waals surface area contributed by atoms with Crippen LogP contribution in [0.2, 0.25) is 0 Å². The molecule has 20 heavy (non-hydrogen) atoms. The lowest BCUT2D eigenvalue weighted by molar-refractivity contribution is -0.138. The highest BCUT2D eigenvalue weighted by Gasteiger charge is 2.41. The quantitative estimate of drug-likeness (QED) is 0.857. The molecule has 0 spiro atoms. The third-order valence-electron chi connectivity index (χ3n) is 4.11. The first-order valence-corrected chi connectivity index (χ1v) is 6.65. The first-order chi connectivity index (χ1) is 9.47. The van der Waals surface area contributed by atoms with Gasteiger partial charge in [-0.1, -0.05) is 12.1 Å². The van der Waals surface area contributed by atoms with E-state index in [1.54, 1.807) is 0 Å². The number of benzene rings is 1. The van der Waals surface area contributed by atoms with E-state index < -0.39 is 17.6 Å². The summed E-state index contributed by atoms with van der Waals surface area (Å²) in [5, 5.41) is 3.28. The fourth-order valence-corrected chi connectivity index (χ4v) is 3.10. The molecule has 2 saturated heterocycles. The number of hydrogen-bond donors (Lipinski definition) is 1. The molecule has 6 heteroatoms. The summed E-state index contributed by atoms with van der Waals surface area (Å²) in [6.07, 6.45) is -3.52. The summed E-state index contributed by atoms with van der Waals surface area (Å²) in [6.45, 7) is 1.97. The predicted octanol–water partition coefficient (Wildman–Crippen LogP) is 2.14. The molecule has 0 radical (unpaired) electrons. The smallest absolute Gasteiger partial charge is 0.337 e. The molecule has 2 aliphatic heterocycles. The Morgan fingerprint density at radius 2 is 2.00 bits per heavy atom. The number of hydrogen-bond acceptors (Lipinski definition) is 2. The number of nitrogens with zero attached hydrogens (tertiary/aromatic N) is 1. The molecule has 3 nitrogen and oxygen atoms in total. The first-order valence-electron chi connectivity index (χ1n) is 6.65. The number of likely N-dealkylation sites (tertiary alicyclic amines) is 1. The number of alkyl halides is 3. The molecular formula is C14H15F3N2O. The third kappa shape index (κ3) is 2.28. The Bertz CT molecular complexity index is 517. The molecule has 0 saturated carbocycles. The minimum absolute atomic E-state index is 0.233. The molecule has 1 aromatic carbocycles. The van der Waals surface area contributed by atoms with Crippen molar-refractivity contribution in [2.45, 2.75) is 18.6 Å². The van der Waals surface area contributed by atoms with Crippen molar-refractivity contribution in [3.05, 3.63) is 35.4 Å². The SMILES string of the molecule is O=C(c1ccccc1C(F)(F)F)N1C[C@@H]2CCN[C@@H]2C1. The van der Waals surface area contributed by atoms with E-state index in [1.807, 2.05) is 0 Å². The molecule has 2 aliphatic rings. The van der Waals surface area contributed by atoms with Crippen LogP contribution in [0, 0.1) is 5.92 Å². The Labute approximate surface area is 114 Å². The fourth-order valence-electron chi connectivity index (χ4n) is 3.10. The molecule has 1 aromatic rings. The monoisotopic (exact) mass is 284 g/mol. The van der Waals surface area contributed by atoms with Crippen LogP contribution < -0.4 is 5.32 Å². The van der Waals surface area contributed by atoms with Crippen LogP contribution in [0.4, 0.5) is 13.2 Å². The second-order valence-electron chi connectivity index (χ2n) is 5.36. The van der Waals surface area contributed by atoms with Gasteiger partial charge in [0.05, 0.1) is 11.1 Å². The summed E-state index contributed by atoms with van der Waals surface area (Å²) in [5.41, 5.74) is -1.10. The van der Waals surface area contributed by atoms with Crippen molar-refractivity contribution in [1.82, 2.24) is 10.2 Å². The van der Waals surface area contributed by atoms with E-state index in [2.05, 4.69) is 5.32 Å². The molecule has 1 amide bonds. The molecule has 1 N–H and O–H groups in total. The fraction of sp³-hybridized carbons (Fsp3) is 0.500. The molecule has 0 aliphatic carbocycles. The number of amides is 1. The minimum Gasteiger partial charge on any atom is -0.337 e. The van der Waals surface area contributed by atoms with Gasteiger partial charge in [-0.2, -0.15) is 13.2 Å². The van der Waals surface area contributed by atoms with Crippen LogP contribution in [-0.4, -0.2) is 36.5 Å². The van der Waals surface area contributed by atoms with E-state index in [1.165, 1.54) is 23.1 Å². The summed E-state index contributed by atoms with van der Waals surface area (Å²) in [4.78, 5) is 13.9. The van der Waals surface area contributed by atoms with Crippen molar-refractivity contribution < 1.29 is 18.0 Å². The van der Waals surface area contributed by atoms with Crippen LogP contribution in [-0.2, 0) is 6.18 Å². The average molecular weight is 284 g/mol. The zero-order chi connectivity index (χ0) is 14.3. The summed E-state index contributed by atoms with van der Waals surface area (Å²) < 4.78 is 38.8. The van der Waals surface area contributed by atoms with Crippen molar-refractivity contribution in [2.24, 2.45) is 5.92 Å². The van der Waals surface area contributed by atoms with E-state index in [-0.39, 0.29) is 11.6 Å². The molecular weight excluding hydrogens is 269 g/mol. The average Bonchev–Trinajstić information content (AvgIpc) is 2.97. The Morgan fingerprint density at radius 3 is 2.70 bits per heavy atom. The van der Waals surface area contributed by atoms with Crippen LogP contribution in [0.3, 0.4) is 0 Å². The molecule has 108 valence electrons.